The number of hydrogen-bond donors (Lipinski definition) is 1. The molecule has 2 aromatic rings. The van der Waals surface area contributed by atoms with Crippen LogP contribution in [0.15, 0.2) is 53.0 Å². The standard InChI is InChI=1S/C16H13BrClNO3/c17-13-5-2-4-12(8-13)16(21)19-9-15(20)22-10-11-3-1-6-14(18)7-11/h1-8H,9-10H2,(H,19,21). The van der Waals surface area contributed by atoms with Crippen molar-refractivity contribution in [1.29, 1.82) is 0 Å². The van der Waals surface area contributed by atoms with Crippen molar-refractivity contribution >= 4 is 39.4 Å². The number of carbonyl (C=O) groups is 2. The first kappa shape index (κ1) is 16.5. The van der Waals surface area contributed by atoms with Gasteiger partial charge in [-0.15, -0.1) is 0 Å². The molecule has 0 fully saturated rings. The van der Waals surface area contributed by atoms with Crippen molar-refractivity contribution in [1.82, 2.24) is 5.32 Å². The topological polar surface area (TPSA) is 55.4 Å². The first-order valence-corrected chi connectivity index (χ1v) is 7.65. The van der Waals surface area contributed by atoms with Gasteiger partial charge in [-0.05, 0) is 35.9 Å². The van der Waals surface area contributed by atoms with Gasteiger partial charge < -0.3 is 10.1 Å². The molecule has 114 valence electrons. The van der Waals surface area contributed by atoms with Crippen molar-refractivity contribution in [3.63, 3.8) is 0 Å². The molecule has 2 aromatic carbocycles. The second kappa shape index (κ2) is 7.96. The Kier molecular flexibility index (Phi) is 5.98. The highest BCUT2D eigenvalue weighted by Crippen LogP contribution is 2.12. The molecule has 0 spiro atoms. The van der Waals surface area contributed by atoms with E-state index >= 15 is 0 Å². The Balaban J connectivity index is 1.79. The lowest BCUT2D eigenvalue weighted by molar-refractivity contribution is -0.143. The van der Waals surface area contributed by atoms with Crippen LogP contribution in [0, 0.1) is 0 Å². The van der Waals surface area contributed by atoms with Gasteiger partial charge >= 0.3 is 5.97 Å². The summed E-state index contributed by atoms with van der Waals surface area (Å²) in [6, 6.07) is 13.9. The number of nitrogens with one attached hydrogen (secondary N) is 1. The van der Waals surface area contributed by atoms with Crippen LogP contribution in [0.3, 0.4) is 0 Å². The van der Waals surface area contributed by atoms with Gasteiger partial charge in [-0.1, -0.05) is 45.7 Å². The van der Waals surface area contributed by atoms with E-state index in [-0.39, 0.29) is 19.1 Å². The molecule has 0 atom stereocenters. The summed E-state index contributed by atoms with van der Waals surface area (Å²) in [5.41, 5.74) is 1.26. The zero-order chi connectivity index (χ0) is 15.9. The monoisotopic (exact) mass is 381 g/mol. The Labute approximate surface area is 141 Å². The van der Waals surface area contributed by atoms with Crippen molar-refractivity contribution in [3.8, 4) is 0 Å². The van der Waals surface area contributed by atoms with Gasteiger partial charge in [0.25, 0.3) is 5.91 Å². The highest BCUT2D eigenvalue weighted by molar-refractivity contribution is 9.10. The van der Waals surface area contributed by atoms with Crippen molar-refractivity contribution in [2.24, 2.45) is 0 Å². The van der Waals surface area contributed by atoms with Gasteiger partial charge in [0.2, 0.25) is 0 Å². The van der Waals surface area contributed by atoms with Gasteiger partial charge in [-0.25, -0.2) is 0 Å². The normalized spacial score (nSPS) is 10.1. The number of ether oxygens (including phenoxy) is 1. The molecule has 22 heavy (non-hydrogen) atoms. The van der Waals surface area contributed by atoms with Gasteiger partial charge in [0, 0.05) is 15.1 Å². The molecule has 0 unspecified atom stereocenters. The number of esters is 1. The number of hydrogen-bond acceptors (Lipinski definition) is 3. The lowest BCUT2D eigenvalue weighted by atomic mass is 10.2. The molecule has 0 saturated carbocycles. The van der Waals surface area contributed by atoms with Crippen LogP contribution in [0.2, 0.25) is 5.02 Å². The Bertz CT molecular complexity index is 691. The van der Waals surface area contributed by atoms with E-state index < -0.39 is 5.97 Å². The fraction of sp³-hybridized carbons (Fsp3) is 0.125. The quantitative estimate of drug-likeness (QED) is 0.804. The smallest absolute Gasteiger partial charge is 0.325 e. The third kappa shape index (κ3) is 5.16. The average molecular weight is 383 g/mol. The molecule has 0 aliphatic rings. The lowest BCUT2D eigenvalue weighted by Gasteiger charge is -2.07. The lowest BCUT2D eigenvalue weighted by Crippen LogP contribution is -2.30. The summed E-state index contributed by atoms with van der Waals surface area (Å²) in [6.07, 6.45) is 0. The van der Waals surface area contributed by atoms with E-state index in [2.05, 4.69) is 21.2 Å². The minimum absolute atomic E-state index is 0.117. The Morgan fingerprint density at radius 3 is 2.64 bits per heavy atom. The van der Waals surface area contributed by atoms with Crippen LogP contribution in [0.5, 0.6) is 0 Å². The minimum atomic E-state index is -0.511. The Hall–Kier alpha value is -1.85. The highest BCUT2D eigenvalue weighted by Gasteiger charge is 2.09. The molecule has 6 heteroatoms. The first-order valence-electron chi connectivity index (χ1n) is 6.48. The zero-order valence-electron chi connectivity index (χ0n) is 11.5. The Morgan fingerprint density at radius 2 is 1.91 bits per heavy atom. The van der Waals surface area contributed by atoms with Crippen molar-refractivity contribution in [2.75, 3.05) is 6.54 Å². The summed E-state index contributed by atoms with van der Waals surface area (Å²) >= 11 is 9.13. The number of rotatable bonds is 5. The molecule has 0 aliphatic heterocycles. The molecular weight excluding hydrogens is 370 g/mol. The van der Waals surface area contributed by atoms with Gasteiger partial charge in [0.15, 0.2) is 0 Å². The molecule has 0 aromatic heterocycles. The van der Waals surface area contributed by atoms with Crippen molar-refractivity contribution in [2.45, 2.75) is 6.61 Å². The summed E-state index contributed by atoms with van der Waals surface area (Å²) in [5.74, 6) is -0.843. The zero-order valence-corrected chi connectivity index (χ0v) is 13.9. The van der Waals surface area contributed by atoms with Crippen LogP contribution in [0.1, 0.15) is 15.9 Å². The van der Waals surface area contributed by atoms with E-state index in [0.717, 1.165) is 10.0 Å². The second-order valence-corrected chi connectivity index (χ2v) is 5.84. The maximum atomic E-state index is 11.9. The molecule has 0 heterocycles. The van der Waals surface area contributed by atoms with Crippen LogP contribution in [-0.4, -0.2) is 18.4 Å². The second-order valence-electron chi connectivity index (χ2n) is 4.48. The largest absolute Gasteiger partial charge is 0.460 e. The predicted octanol–water partition coefficient (Wildman–Crippen LogP) is 3.58. The van der Waals surface area contributed by atoms with E-state index in [9.17, 15) is 9.59 Å². The van der Waals surface area contributed by atoms with E-state index in [1.165, 1.54) is 0 Å². The number of carbonyl (C=O) groups excluding carboxylic acids is 2. The average Bonchev–Trinajstić information content (AvgIpc) is 2.50. The molecule has 2 rings (SSSR count). The van der Waals surface area contributed by atoms with E-state index in [0.29, 0.717) is 10.6 Å². The summed E-state index contributed by atoms with van der Waals surface area (Å²) in [6.45, 7) is -0.0714. The molecular formula is C16H13BrClNO3. The van der Waals surface area contributed by atoms with Crippen LogP contribution >= 0.6 is 27.5 Å². The van der Waals surface area contributed by atoms with Gasteiger partial charge in [-0.3, -0.25) is 9.59 Å². The number of amides is 1. The van der Waals surface area contributed by atoms with E-state index in [1.807, 2.05) is 6.07 Å². The van der Waals surface area contributed by atoms with Crippen molar-refractivity contribution < 1.29 is 14.3 Å². The molecule has 0 saturated heterocycles. The molecule has 0 bridgehead atoms. The summed E-state index contributed by atoms with van der Waals surface area (Å²) in [4.78, 5) is 23.5. The van der Waals surface area contributed by atoms with Crippen molar-refractivity contribution in [3.05, 3.63) is 69.2 Å². The Morgan fingerprint density at radius 1 is 1.14 bits per heavy atom. The van der Waals surface area contributed by atoms with Gasteiger partial charge in [-0.2, -0.15) is 0 Å². The van der Waals surface area contributed by atoms with Crippen LogP contribution < -0.4 is 5.32 Å². The minimum Gasteiger partial charge on any atom is -0.460 e. The fourth-order valence-electron chi connectivity index (χ4n) is 1.73. The van der Waals surface area contributed by atoms with Crippen LogP contribution in [-0.2, 0) is 16.1 Å². The highest BCUT2D eigenvalue weighted by atomic mass is 79.9. The predicted molar refractivity (Wildman–Crippen MR) is 87.7 cm³/mol. The first-order chi connectivity index (χ1) is 10.5. The third-order valence-corrected chi connectivity index (χ3v) is 3.50. The molecule has 4 nitrogen and oxygen atoms in total. The SMILES string of the molecule is O=C(CNC(=O)c1cccc(Br)c1)OCc1cccc(Cl)c1. The summed E-state index contributed by atoms with van der Waals surface area (Å²) < 4.78 is 5.87. The molecule has 0 aliphatic carbocycles. The van der Waals surface area contributed by atoms with E-state index in [1.54, 1.807) is 42.5 Å². The van der Waals surface area contributed by atoms with Crippen LogP contribution in [0.4, 0.5) is 0 Å². The number of benzene rings is 2. The summed E-state index contributed by atoms with van der Waals surface area (Å²) in [7, 11) is 0. The van der Waals surface area contributed by atoms with Crippen LogP contribution in [0.25, 0.3) is 0 Å². The number of halogens is 2. The molecule has 1 N–H and O–H groups in total. The summed E-state index contributed by atoms with van der Waals surface area (Å²) in [5, 5.41) is 3.09. The molecule has 1 amide bonds. The maximum absolute atomic E-state index is 11.9. The van der Waals surface area contributed by atoms with Gasteiger partial charge in [0.1, 0.15) is 13.2 Å². The van der Waals surface area contributed by atoms with Gasteiger partial charge in [0.05, 0.1) is 0 Å². The molecule has 0 radical (unpaired) electrons. The third-order valence-electron chi connectivity index (χ3n) is 2.77. The maximum Gasteiger partial charge on any atom is 0.325 e. The fourth-order valence-corrected chi connectivity index (χ4v) is 2.34. The van der Waals surface area contributed by atoms with E-state index in [4.69, 9.17) is 16.3 Å².